The number of amides is 2. The fraction of sp³-hybridized carbons (Fsp3) is 0.639. The number of fused-ring (bicyclic) bond motifs is 1. The summed E-state index contributed by atoms with van der Waals surface area (Å²) in [5.41, 5.74) is 0.166. The number of allylic oxidation sites excluding steroid dienone is 1. The molecule has 1 aromatic carbocycles. The molecule has 2 bridgehead atoms. The molecule has 3 heterocycles. The van der Waals surface area contributed by atoms with E-state index in [1.165, 1.54) is 0 Å². The predicted octanol–water partition coefficient (Wildman–Crippen LogP) is 6.33. The van der Waals surface area contributed by atoms with Crippen LogP contribution in [0, 0.1) is 17.3 Å². The Kier molecular flexibility index (Phi) is 10.2. The first-order valence-corrected chi connectivity index (χ1v) is 16.9. The first-order chi connectivity index (χ1) is 20.7. The minimum absolute atomic E-state index is 0.0541. The number of aliphatic hydroxyl groups excluding tert-OH is 1. The van der Waals surface area contributed by atoms with Gasteiger partial charge in [-0.3, -0.25) is 14.4 Å². The number of nitrogens with zero attached hydrogens (tertiary/aromatic N) is 2. The summed E-state index contributed by atoms with van der Waals surface area (Å²) in [6.07, 6.45) is 8.13. The molecule has 0 radical (unpaired) electrons. The second-order valence-corrected chi connectivity index (χ2v) is 16.7. The normalized spacial score (nSPS) is 28.5. The van der Waals surface area contributed by atoms with Crippen LogP contribution in [0.1, 0.15) is 91.7 Å². The van der Waals surface area contributed by atoms with E-state index >= 15 is 4.79 Å². The molecule has 242 valence electrons. The van der Waals surface area contributed by atoms with Gasteiger partial charge in [-0.2, -0.15) is 0 Å². The molecule has 7 nitrogen and oxygen atoms in total. The minimum Gasteiger partial charge on any atom is -0.465 e. The van der Waals surface area contributed by atoms with Crippen molar-refractivity contribution >= 4 is 29.5 Å². The van der Waals surface area contributed by atoms with Crippen LogP contribution >= 0.6 is 11.8 Å². The van der Waals surface area contributed by atoms with Gasteiger partial charge in [0.1, 0.15) is 6.04 Å². The van der Waals surface area contributed by atoms with Gasteiger partial charge in [0.2, 0.25) is 11.8 Å². The van der Waals surface area contributed by atoms with Crippen LogP contribution in [-0.4, -0.2) is 73.5 Å². The number of thioether (sulfide) groups is 1. The molecule has 0 aliphatic carbocycles. The predicted molar refractivity (Wildman–Crippen MR) is 177 cm³/mol. The van der Waals surface area contributed by atoms with Crippen LogP contribution in [0.2, 0.25) is 0 Å². The zero-order valence-electron chi connectivity index (χ0n) is 27.5. The zero-order chi connectivity index (χ0) is 32.5. The molecule has 44 heavy (non-hydrogen) atoms. The smallest absolute Gasteiger partial charge is 0.311 e. The van der Waals surface area contributed by atoms with Crippen LogP contribution in [0.15, 0.2) is 55.6 Å². The Morgan fingerprint density at radius 1 is 1.14 bits per heavy atom. The van der Waals surface area contributed by atoms with Gasteiger partial charge in [0.05, 0.1) is 35.8 Å². The van der Waals surface area contributed by atoms with Gasteiger partial charge in [-0.15, -0.1) is 24.9 Å². The highest BCUT2D eigenvalue weighted by atomic mass is 32.2. The van der Waals surface area contributed by atoms with Gasteiger partial charge in [-0.05, 0) is 70.3 Å². The summed E-state index contributed by atoms with van der Waals surface area (Å²) in [5.74, 6) is -2.14. The number of hydrogen-bond donors (Lipinski definition) is 1. The van der Waals surface area contributed by atoms with Crippen LogP contribution in [0.4, 0.5) is 0 Å². The molecule has 3 fully saturated rings. The fourth-order valence-corrected chi connectivity index (χ4v) is 10.7. The Balaban J connectivity index is 1.81. The van der Waals surface area contributed by atoms with Crippen molar-refractivity contribution in [1.82, 2.24) is 9.80 Å². The average molecular weight is 625 g/mol. The lowest BCUT2D eigenvalue weighted by Gasteiger charge is -2.46. The van der Waals surface area contributed by atoms with E-state index in [-0.39, 0.29) is 29.8 Å². The van der Waals surface area contributed by atoms with Crippen molar-refractivity contribution < 1.29 is 24.2 Å². The van der Waals surface area contributed by atoms with Gasteiger partial charge in [-0.25, -0.2) is 0 Å². The second-order valence-electron chi connectivity index (χ2n) is 14.8. The van der Waals surface area contributed by atoms with Gasteiger partial charge in [0, 0.05) is 16.8 Å². The maximum Gasteiger partial charge on any atom is 0.311 e. The summed E-state index contributed by atoms with van der Waals surface area (Å²) in [6, 6.07) is 7.82. The third-order valence-electron chi connectivity index (χ3n) is 9.71. The quantitative estimate of drug-likeness (QED) is 0.148. The van der Waals surface area contributed by atoms with Crippen LogP contribution in [-0.2, 0) is 19.1 Å². The number of ether oxygens (including phenoxy) is 1. The highest BCUT2D eigenvalue weighted by Gasteiger charge is 2.78. The standard InChI is InChI=1S/C36H52N2O5S/c1-9-11-12-16-22-43-32(42)28-27-30(40)38(26(23-39)25-17-14-13-15-18-25)29(36(27)20-19-35(28,8)44-36)31(41)37(21-10-2)34(6,7)24-33(3,4)5/h9-10,13-15,17-18,26-29,39H,1-2,11-12,16,19-24H2,3-8H3/t26-,27+,28+,29?,35-,36?/m1/s1. The number of benzene rings is 1. The summed E-state index contributed by atoms with van der Waals surface area (Å²) in [7, 11) is 0. The van der Waals surface area contributed by atoms with Crippen molar-refractivity contribution in [2.24, 2.45) is 17.3 Å². The van der Waals surface area contributed by atoms with Crippen LogP contribution in [0.5, 0.6) is 0 Å². The highest BCUT2D eigenvalue weighted by Crippen LogP contribution is 2.72. The lowest BCUT2D eigenvalue weighted by atomic mass is 9.66. The van der Waals surface area contributed by atoms with Gasteiger partial charge in [0.15, 0.2) is 0 Å². The largest absolute Gasteiger partial charge is 0.465 e. The molecule has 4 rings (SSSR count). The average Bonchev–Trinajstić information content (AvgIpc) is 3.52. The number of aliphatic hydroxyl groups is 1. The van der Waals surface area contributed by atoms with Crippen molar-refractivity contribution in [3.8, 4) is 0 Å². The van der Waals surface area contributed by atoms with Crippen LogP contribution < -0.4 is 0 Å². The molecule has 6 atom stereocenters. The molecule has 1 aromatic rings. The molecule has 0 aromatic heterocycles. The van der Waals surface area contributed by atoms with E-state index < -0.39 is 39.0 Å². The Hall–Kier alpha value is -2.58. The van der Waals surface area contributed by atoms with Crippen molar-refractivity contribution in [2.75, 3.05) is 19.8 Å². The van der Waals surface area contributed by atoms with Crippen LogP contribution in [0.25, 0.3) is 0 Å². The molecule has 8 heteroatoms. The summed E-state index contributed by atoms with van der Waals surface area (Å²) in [4.78, 5) is 47.2. The molecular formula is C36H52N2O5S. The van der Waals surface area contributed by atoms with Gasteiger partial charge < -0.3 is 19.6 Å². The van der Waals surface area contributed by atoms with Gasteiger partial charge >= 0.3 is 5.97 Å². The molecule has 3 saturated heterocycles. The lowest BCUT2D eigenvalue weighted by Crippen LogP contribution is -2.60. The number of rotatable bonds is 14. The molecule has 1 N–H and O–H groups in total. The van der Waals surface area contributed by atoms with E-state index in [0.717, 1.165) is 31.2 Å². The number of carbonyl (C=O) groups is 3. The van der Waals surface area contributed by atoms with E-state index in [1.54, 1.807) is 22.7 Å². The third-order valence-corrected chi connectivity index (χ3v) is 11.7. The molecule has 0 saturated carbocycles. The lowest BCUT2D eigenvalue weighted by molar-refractivity contribution is -0.156. The first kappa shape index (κ1) is 34.3. The van der Waals surface area contributed by atoms with E-state index in [9.17, 15) is 14.7 Å². The van der Waals surface area contributed by atoms with E-state index in [2.05, 4.69) is 54.7 Å². The highest BCUT2D eigenvalue weighted by molar-refractivity contribution is 8.02. The van der Waals surface area contributed by atoms with Crippen molar-refractivity contribution in [1.29, 1.82) is 0 Å². The van der Waals surface area contributed by atoms with E-state index in [1.807, 2.05) is 41.3 Å². The first-order valence-electron chi connectivity index (χ1n) is 16.1. The molecule has 1 spiro atoms. The Labute approximate surface area is 268 Å². The molecule has 3 aliphatic rings. The summed E-state index contributed by atoms with van der Waals surface area (Å²) in [6.45, 7) is 20.7. The maximum absolute atomic E-state index is 15.1. The Morgan fingerprint density at radius 2 is 1.82 bits per heavy atom. The number of unbranched alkanes of at least 4 members (excludes halogenated alkanes) is 2. The fourth-order valence-electron chi connectivity index (χ4n) is 8.32. The van der Waals surface area contributed by atoms with Gasteiger partial charge in [0.25, 0.3) is 0 Å². The number of esters is 1. The summed E-state index contributed by atoms with van der Waals surface area (Å²) in [5, 5.41) is 10.8. The molecule has 2 unspecified atom stereocenters. The third kappa shape index (κ3) is 6.26. The Bertz CT molecular complexity index is 1240. The Morgan fingerprint density at radius 3 is 2.41 bits per heavy atom. The number of likely N-dealkylation sites (tertiary alicyclic amines) is 1. The molecular weight excluding hydrogens is 572 g/mol. The minimum atomic E-state index is -0.853. The second kappa shape index (κ2) is 13.0. The zero-order valence-corrected chi connectivity index (χ0v) is 28.3. The molecule has 3 aliphatic heterocycles. The van der Waals surface area contributed by atoms with Crippen molar-refractivity contribution in [3.05, 3.63) is 61.2 Å². The SMILES string of the molecule is C=CCCCCOC(=O)[C@@H]1[C@H]2C(=O)N([C@H](CO)c3ccccc3)C(C(=O)N(CC=C)C(C)(C)CC(C)(C)C)C23CC[C@@]1(C)S3. The van der Waals surface area contributed by atoms with Crippen LogP contribution in [0.3, 0.4) is 0 Å². The van der Waals surface area contributed by atoms with Crippen molar-refractivity contribution in [2.45, 2.75) is 107 Å². The maximum atomic E-state index is 15.1. The molecule has 2 amide bonds. The monoisotopic (exact) mass is 624 g/mol. The summed E-state index contributed by atoms with van der Waals surface area (Å²) < 4.78 is 4.50. The van der Waals surface area contributed by atoms with Crippen molar-refractivity contribution in [3.63, 3.8) is 0 Å². The van der Waals surface area contributed by atoms with E-state index in [0.29, 0.717) is 26.0 Å². The van der Waals surface area contributed by atoms with E-state index in [4.69, 9.17) is 4.74 Å². The number of carbonyl (C=O) groups excluding carboxylic acids is 3. The number of hydrogen-bond acceptors (Lipinski definition) is 6. The topological polar surface area (TPSA) is 87.1 Å². The summed E-state index contributed by atoms with van der Waals surface area (Å²) >= 11 is 1.63. The van der Waals surface area contributed by atoms with Gasteiger partial charge in [-0.1, -0.05) is 63.3 Å².